The molecule has 7 heteroatoms. The largest absolute Gasteiger partial charge is 0.454 e. The van der Waals surface area contributed by atoms with Gasteiger partial charge in [0.25, 0.3) is 0 Å². The molecule has 0 aromatic heterocycles. The Morgan fingerprint density at radius 3 is 2.30 bits per heavy atom. The highest BCUT2D eigenvalue weighted by Crippen LogP contribution is 2.33. The summed E-state index contributed by atoms with van der Waals surface area (Å²) in [4.78, 5) is 19.8. The zero-order valence-electron chi connectivity index (χ0n) is 19.2. The van der Waals surface area contributed by atoms with E-state index in [9.17, 15) is 4.79 Å². The molecule has 2 fully saturated rings. The van der Waals surface area contributed by atoms with Gasteiger partial charge in [-0.15, -0.1) is 0 Å². The van der Waals surface area contributed by atoms with E-state index < -0.39 is 0 Å². The topological polar surface area (TPSA) is 71.3 Å². The van der Waals surface area contributed by atoms with Crippen LogP contribution < -0.4 is 20.1 Å². The van der Waals surface area contributed by atoms with Gasteiger partial charge in [-0.1, -0.05) is 18.2 Å². The fourth-order valence-corrected chi connectivity index (χ4v) is 5.07. The number of fused-ring (bicyclic) bond motifs is 1. The highest BCUT2D eigenvalue weighted by molar-refractivity contribution is 5.76. The van der Waals surface area contributed by atoms with E-state index in [4.69, 9.17) is 15.2 Å². The summed E-state index contributed by atoms with van der Waals surface area (Å²) in [5, 5.41) is 0. The number of carbonyl (C=O) groups excluding carboxylic acids is 1. The van der Waals surface area contributed by atoms with Crippen LogP contribution in [0.25, 0.3) is 0 Å². The number of benzene rings is 2. The third kappa shape index (κ3) is 5.25. The van der Waals surface area contributed by atoms with Gasteiger partial charge in [-0.05, 0) is 54.2 Å². The van der Waals surface area contributed by atoms with Crippen molar-refractivity contribution in [3.8, 4) is 11.5 Å². The molecule has 0 atom stereocenters. The van der Waals surface area contributed by atoms with Gasteiger partial charge in [0, 0.05) is 64.5 Å². The van der Waals surface area contributed by atoms with Crippen molar-refractivity contribution in [1.29, 1.82) is 0 Å². The van der Waals surface area contributed by atoms with Gasteiger partial charge in [-0.2, -0.15) is 0 Å². The summed E-state index contributed by atoms with van der Waals surface area (Å²) in [5.41, 5.74) is 9.35. The summed E-state index contributed by atoms with van der Waals surface area (Å²) in [6, 6.07) is 14.7. The molecule has 5 rings (SSSR count). The molecule has 2 aromatic rings. The van der Waals surface area contributed by atoms with Crippen molar-refractivity contribution in [2.24, 2.45) is 11.7 Å². The molecule has 2 saturated heterocycles. The predicted octanol–water partition coefficient (Wildman–Crippen LogP) is 2.82. The van der Waals surface area contributed by atoms with Crippen LogP contribution >= 0.6 is 0 Å². The van der Waals surface area contributed by atoms with Crippen molar-refractivity contribution in [2.45, 2.75) is 32.4 Å². The van der Waals surface area contributed by atoms with E-state index in [2.05, 4.69) is 51.1 Å². The first-order valence-corrected chi connectivity index (χ1v) is 12.1. The second-order valence-electron chi connectivity index (χ2n) is 9.35. The zero-order chi connectivity index (χ0) is 22.6. The van der Waals surface area contributed by atoms with Crippen molar-refractivity contribution in [1.82, 2.24) is 9.80 Å². The summed E-state index contributed by atoms with van der Waals surface area (Å²) in [6.07, 6.45) is 2.84. The van der Waals surface area contributed by atoms with Crippen molar-refractivity contribution in [3.63, 3.8) is 0 Å². The molecular formula is C26H34N4O3. The first-order chi connectivity index (χ1) is 16.2. The van der Waals surface area contributed by atoms with Crippen LogP contribution in [0.4, 0.5) is 5.69 Å². The Balaban J connectivity index is 1.04. The minimum absolute atomic E-state index is 0.306. The Morgan fingerprint density at radius 2 is 1.58 bits per heavy atom. The van der Waals surface area contributed by atoms with Crippen LogP contribution in [0.2, 0.25) is 0 Å². The van der Waals surface area contributed by atoms with Gasteiger partial charge >= 0.3 is 0 Å². The summed E-state index contributed by atoms with van der Waals surface area (Å²) < 4.78 is 10.9. The molecule has 0 saturated carbocycles. The molecule has 3 aliphatic rings. The van der Waals surface area contributed by atoms with Gasteiger partial charge in [-0.25, -0.2) is 0 Å². The van der Waals surface area contributed by atoms with Crippen LogP contribution in [0.5, 0.6) is 11.5 Å². The van der Waals surface area contributed by atoms with E-state index in [1.54, 1.807) is 0 Å². The van der Waals surface area contributed by atoms with E-state index in [0.717, 1.165) is 75.7 Å². The maximum atomic E-state index is 12.9. The van der Waals surface area contributed by atoms with E-state index in [1.807, 2.05) is 6.07 Å². The molecule has 0 bridgehead atoms. The number of piperidine rings is 1. The van der Waals surface area contributed by atoms with Crippen molar-refractivity contribution >= 4 is 11.6 Å². The van der Waals surface area contributed by atoms with Gasteiger partial charge in [-0.3, -0.25) is 9.69 Å². The second kappa shape index (κ2) is 10.0. The van der Waals surface area contributed by atoms with Crippen LogP contribution in [0.15, 0.2) is 42.5 Å². The van der Waals surface area contributed by atoms with E-state index in [1.165, 1.54) is 11.3 Å². The van der Waals surface area contributed by atoms with E-state index in [-0.39, 0.29) is 0 Å². The lowest BCUT2D eigenvalue weighted by Crippen LogP contribution is -2.48. The third-order valence-corrected chi connectivity index (χ3v) is 7.18. The molecule has 33 heavy (non-hydrogen) atoms. The van der Waals surface area contributed by atoms with Gasteiger partial charge < -0.3 is 25.0 Å². The molecule has 2 aromatic carbocycles. The molecule has 1 amide bonds. The Hall–Kier alpha value is -2.77. The molecule has 3 aliphatic heterocycles. The van der Waals surface area contributed by atoms with Crippen LogP contribution in [-0.2, 0) is 17.9 Å². The molecule has 0 spiro atoms. The Labute approximate surface area is 196 Å². The van der Waals surface area contributed by atoms with Crippen molar-refractivity contribution < 1.29 is 14.3 Å². The lowest BCUT2D eigenvalue weighted by molar-refractivity contribution is -0.134. The van der Waals surface area contributed by atoms with Crippen LogP contribution in [0.3, 0.4) is 0 Å². The number of anilines is 1. The third-order valence-electron chi connectivity index (χ3n) is 7.18. The second-order valence-corrected chi connectivity index (χ2v) is 9.35. The Bertz CT molecular complexity index is 949. The summed E-state index contributed by atoms with van der Waals surface area (Å²) in [7, 11) is 0. The fourth-order valence-electron chi connectivity index (χ4n) is 5.07. The average molecular weight is 451 g/mol. The molecular weight excluding hydrogens is 416 g/mol. The number of hydrogen-bond donors (Lipinski definition) is 1. The van der Waals surface area contributed by atoms with Crippen molar-refractivity contribution in [3.05, 3.63) is 53.6 Å². The molecule has 7 nitrogen and oxygen atoms in total. The minimum Gasteiger partial charge on any atom is -0.454 e. The predicted molar refractivity (Wildman–Crippen MR) is 128 cm³/mol. The number of ether oxygens (including phenoxy) is 2. The zero-order valence-corrected chi connectivity index (χ0v) is 19.2. The van der Waals surface area contributed by atoms with Crippen LogP contribution in [-0.4, -0.2) is 61.8 Å². The maximum Gasteiger partial charge on any atom is 0.231 e. The number of amides is 1. The normalized spacial score (nSPS) is 19.2. The number of piperazine rings is 1. The molecule has 0 aliphatic carbocycles. The number of nitrogens with zero attached hydrogens (tertiary/aromatic N) is 3. The van der Waals surface area contributed by atoms with E-state index in [0.29, 0.717) is 31.6 Å². The highest BCUT2D eigenvalue weighted by atomic mass is 16.7. The van der Waals surface area contributed by atoms with Crippen LogP contribution in [0, 0.1) is 5.92 Å². The SMILES string of the molecule is NCc1ccc(N2CCC(CC(=O)N3CCN(Cc4ccc5c(c4)OCO5)CC3)CC2)cc1. The minimum atomic E-state index is 0.306. The first kappa shape index (κ1) is 22.0. The fraction of sp³-hybridized carbons (Fsp3) is 0.500. The smallest absolute Gasteiger partial charge is 0.231 e. The number of carbonyl (C=O) groups is 1. The molecule has 176 valence electrons. The summed E-state index contributed by atoms with van der Waals surface area (Å²) in [5.74, 6) is 2.47. The molecule has 0 radical (unpaired) electrons. The first-order valence-electron chi connectivity index (χ1n) is 12.1. The lowest BCUT2D eigenvalue weighted by Gasteiger charge is -2.37. The van der Waals surface area contributed by atoms with Gasteiger partial charge in [0.2, 0.25) is 12.7 Å². The van der Waals surface area contributed by atoms with Gasteiger partial charge in [0.1, 0.15) is 0 Å². The molecule has 0 unspecified atom stereocenters. The average Bonchev–Trinajstić information content (AvgIpc) is 3.33. The molecule has 3 heterocycles. The Kier molecular flexibility index (Phi) is 6.69. The standard InChI is InChI=1S/C26H34N4O3/c27-17-21-1-4-23(5-2-21)29-9-7-20(8-10-29)16-26(31)30-13-11-28(12-14-30)18-22-3-6-24-25(15-22)33-19-32-24/h1-6,15,20H,7-14,16-19,27H2. The number of rotatable bonds is 6. The van der Waals surface area contributed by atoms with Crippen molar-refractivity contribution in [2.75, 3.05) is 51.0 Å². The van der Waals surface area contributed by atoms with Crippen LogP contribution in [0.1, 0.15) is 30.4 Å². The van der Waals surface area contributed by atoms with Gasteiger partial charge in [0.05, 0.1) is 0 Å². The summed E-state index contributed by atoms with van der Waals surface area (Å²) >= 11 is 0. The molecule has 2 N–H and O–H groups in total. The number of nitrogens with two attached hydrogens (primary N) is 1. The quantitative estimate of drug-likeness (QED) is 0.730. The Morgan fingerprint density at radius 1 is 0.879 bits per heavy atom. The monoisotopic (exact) mass is 450 g/mol. The van der Waals surface area contributed by atoms with E-state index >= 15 is 0 Å². The number of hydrogen-bond acceptors (Lipinski definition) is 6. The highest BCUT2D eigenvalue weighted by Gasteiger charge is 2.26. The lowest BCUT2D eigenvalue weighted by atomic mass is 9.92. The summed E-state index contributed by atoms with van der Waals surface area (Å²) in [6.45, 7) is 7.26. The maximum absolute atomic E-state index is 12.9. The van der Waals surface area contributed by atoms with Gasteiger partial charge in [0.15, 0.2) is 11.5 Å².